The number of methoxy groups -OCH3 is 1. The third-order valence-electron chi connectivity index (χ3n) is 4.40. The van der Waals surface area contributed by atoms with E-state index in [4.69, 9.17) is 4.74 Å². The second-order valence-corrected chi connectivity index (χ2v) is 6.14. The summed E-state index contributed by atoms with van der Waals surface area (Å²) >= 11 is 0. The van der Waals surface area contributed by atoms with Crippen LogP contribution in [0.4, 0.5) is 0 Å². The van der Waals surface area contributed by atoms with Gasteiger partial charge in [-0.05, 0) is 48.7 Å². The van der Waals surface area contributed by atoms with Crippen molar-refractivity contribution in [2.75, 3.05) is 13.7 Å². The van der Waals surface area contributed by atoms with Crippen molar-refractivity contribution < 1.29 is 4.74 Å². The van der Waals surface area contributed by atoms with E-state index in [1.165, 1.54) is 22.0 Å². The summed E-state index contributed by atoms with van der Waals surface area (Å²) < 4.78 is 7.57. The Bertz CT molecular complexity index is 774. The first-order valence-corrected chi connectivity index (χ1v) is 8.72. The molecule has 0 aliphatic carbocycles. The van der Waals surface area contributed by atoms with Crippen LogP contribution in [0.1, 0.15) is 24.5 Å². The minimum absolute atomic E-state index is 0.910. The van der Waals surface area contributed by atoms with Crippen LogP contribution in [0.25, 0.3) is 10.9 Å². The van der Waals surface area contributed by atoms with Crippen molar-refractivity contribution in [3.8, 4) is 5.75 Å². The quantitative estimate of drug-likeness (QED) is 0.622. The molecule has 0 atom stereocenters. The van der Waals surface area contributed by atoms with Gasteiger partial charge in [0.2, 0.25) is 0 Å². The molecule has 0 aliphatic heterocycles. The molecule has 3 heteroatoms. The van der Waals surface area contributed by atoms with Crippen molar-refractivity contribution in [3.63, 3.8) is 0 Å². The molecule has 1 N–H and O–H groups in total. The van der Waals surface area contributed by atoms with Crippen LogP contribution >= 0.6 is 0 Å². The molecule has 0 unspecified atom stereocenters. The van der Waals surface area contributed by atoms with Crippen molar-refractivity contribution in [1.82, 2.24) is 9.88 Å². The SMILES string of the molecule is CCCn1cc(CNCCc2ccc(OC)cc2)c2ccccc21. The normalized spacial score (nSPS) is 11.1. The lowest BCUT2D eigenvalue weighted by molar-refractivity contribution is 0.414. The lowest BCUT2D eigenvalue weighted by atomic mass is 10.1. The van der Waals surface area contributed by atoms with Gasteiger partial charge in [0.25, 0.3) is 0 Å². The summed E-state index contributed by atoms with van der Waals surface area (Å²) in [6, 6.07) is 17.0. The number of ether oxygens (including phenoxy) is 1. The minimum Gasteiger partial charge on any atom is -0.497 e. The molecule has 3 nitrogen and oxygen atoms in total. The van der Waals surface area contributed by atoms with Crippen LogP contribution in [0, 0.1) is 0 Å². The summed E-state index contributed by atoms with van der Waals surface area (Å²) in [5.41, 5.74) is 4.05. The highest BCUT2D eigenvalue weighted by Crippen LogP contribution is 2.21. The molecule has 0 fully saturated rings. The van der Waals surface area contributed by atoms with E-state index in [0.717, 1.165) is 38.2 Å². The van der Waals surface area contributed by atoms with Gasteiger partial charge in [-0.25, -0.2) is 0 Å². The van der Waals surface area contributed by atoms with Gasteiger partial charge in [-0.15, -0.1) is 0 Å². The number of fused-ring (bicyclic) bond motifs is 1. The van der Waals surface area contributed by atoms with Crippen LogP contribution in [-0.2, 0) is 19.5 Å². The lowest BCUT2D eigenvalue weighted by Crippen LogP contribution is -2.16. The fourth-order valence-corrected chi connectivity index (χ4v) is 3.14. The summed E-state index contributed by atoms with van der Waals surface area (Å²) in [6.45, 7) is 5.18. The van der Waals surface area contributed by atoms with E-state index >= 15 is 0 Å². The van der Waals surface area contributed by atoms with Crippen LogP contribution in [0.3, 0.4) is 0 Å². The highest BCUT2D eigenvalue weighted by molar-refractivity contribution is 5.83. The summed E-state index contributed by atoms with van der Waals surface area (Å²) in [5, 5.41) is 4.95. The van der Waals surface area contributed by atoms with Crippen molar-refractivity contribution in [2.24, 2.45) is 0 Å². The summed E-state index contributed by atoms with van der Waals surface area (Å²) in [6.07, 6.45) is 4.48. The van der Waals surface area contributed by atoms with E-state index in [9.17, 15) is 0 Å². The number of para-hydroxylation sites is 1. The molecular formula is C21H26N2O. The number of aryl methyl sites for hydroxylation is 1. The maximum atomic E-state index is 5.20. The molecule has 0 saturated heterocycles. The Morgan fingerprint density at radius 1 is 1.04 bits per heavy atom. The van der Waals surface area contributed by atoms with Crippen molar-refractivity contribution in [1.29, 1.82) is 0 Å². The van der Waals surface area contributed by atoms with Gasteiger partial charge < -0.3 is 14.6 Å². The zero-order valence-electron chi connectivity index (χ0n) is 14.6. The predicted molar refractivity (Wildman–Crippen MR) is 101 cm³/mol. The van der Waals surface area contributed by atoms with Gasteiger partial charge >= 0.3 is 0 Å². The molecule has 0 bridgehead atoms. The van der Waals surface area contributed by atoms with E-state index in [2.05, 4.69) is 59.4 Å². The highest BCUT2D eigenvalue weighted by atomic mass is 16.5. The van der Waals surface area contributed by atoms with Gasteiger partial charge in [0.15, 0.2) is 0 Å². The maximum Gasteiger partial charge on any atom is 0.118 e. The van der Waals surface area contributed by atoms with Crippen LogP contribution in [0.5, 0.6) is 5.75 Å². The van der Waals surface area contributed by atoms with Gasteiger partial charge in [0, 0.05) is 30.2 Å². The number of hydrogen-bond donors (Lipinski definition) is 1. The van der Waals surface area contributed by atoms with Crippen LogP contribution < -0.4 is 10.1 Å². The number of nitrogens with one attached hydrogen (secondary N) is 1. The Morgan fingerprint density at radius 2 is 1.83 bits per heavy atom. The average molecular weight is 322 g/mol. The Hall–Kier alpha value is -2.26. The zero-order valence-corrected chi connectivity index (χ0v) is 14.6. The Morgan fingerprint density at radius 3 is 2.58 bits per heavy atom. The first-order valence-electron chi connectivity index (χ1n) is 8.72. The van der Waals surface area contributed by atoms with E-state index < -0.39 is 0 Å². The van der Waals surface area contributed by atoms with Gasteiger partial charge in [-0.1, -0.05) is 37.3 Å². The number of rotatable bonds is 8. The molecule has 0 spiro atoms. The second kappa shape index (κ2) is 8.02. The molecule has 24 heavy (non-hydrogen) atoms. The molecule has 1 aromatic heterocycles. The van der Waals surface area contributed by atoms with Crippen molar-refractivity contribution in [2.45, 2.75) is 32.9 Å². The highest BCUT2D eigenvalue weighted by Gasteiger charge is 2.07. The fourth-order valence-electron chi connectivity index (χ4n) is 3.14. The monoisotopic (exact) mass is 322 g/mol. The molecule has 0 amide bonds. The summed E-state index contributed by atoms with van der Waals surface area (Å²) in [4.78, 5) is 0. The Balaban J connectivity index is 1.59. The minimum atomic E-state index is 0.910. The molecule has 0 aliphatic rings. The number of aromatic nitrogens is 1. The Kier molecular flexibility index (Phi) is 5.55. The second-order valence-electron chi connectivity index (χ2n) is 6.14. The maximum absolute atomic E-state index is 5.20. The molecule has 0 saturated carbocycles. The smallest absolute Gasteiger partial charge is 0.118 e. The number of nitrogens with zero attached hydrogens (tertiary/aromatic N) is 1. The third-order valence-corrected chi connectivity index (χ3v) is 4.40. The Labute approximate surface area is 144 Å². The van der Waals surface area contributed by atoms with Crippen LogP contribution in [0.15, 0.2) is 54.7 Å². The van der Waals surface area contributed by atoms with Gasteiger partial charge in [0.1, 0.15) is 5.75 Å². The standard InChI is InChI=1S/C21H26N2O/c1-3-14-23-16-18(20-6-4-5-7-21(20)23)15-22-13-12-17-8-10-19(24-2)11-9-17/h4-11,16,22H,3,12-15H2,1-2H3. The molecule has 3 aromatic rings. The van der Waals surface area contributed by atoms with Crippen LogP contribution in [-0.4, -0.2) is 18.2 Å². The van der Waals surface area contributed by atoms with E-state index in [0.29, 0.717) is 0 Å². The number of benzene rings is 2. The molecule has 1 heterocycles. The average Bonchev–Trinajstić information content (AvgIpc) is 2.98. The topological polar surface area (TPSA) is 26.2 Å². The molecule has 3 rings (SSSR count). The van der Waals surface area contributed by atoms with E-state index in [-0.39, 0.29) is 0 Å². The zero-order chi connectivity index (χ0) is 16.8. The number of hydrogen-bond acceptors (Lipinski definition) is 2. The molecule has 2 aromatic carbocycles. The van der Waals surface area contributed by atoms with Gasteiger partial charge in [0.05, 0.1) is 7.11 Å². The largest absolute Gasteiger partial charge is 0.497 e. The van der Waals surface area contributed by atoms with E-state index in [1.807, 2.05) is 12.1 Å². The first kappa shape index (κ1) is 16.6. The molecule has 126 valence electrons. The van der Waals surface area contributed by atoms with E-state index in [1.54, 1.807) is 7.11 Å². The third kappa shape index (κ3) is 3.80. The van der Waals surface area contributed by atoms with Gasteiger partial charge in [-0.2, -0.15) is 0 Å². The predicted octanol–water partition coefficient (Wildman–Crippen LogP) is 4.39. The molecule has 0 radical (unpaired) electrons. The van der Waals surface area contributed by atoms with Crippen molar-refractivity contribution in [3.05, 3.63) is 65.9 Å². The van der Waals surface area contributed by atoms with Gasteiger partial charge in [-0.3, -0.25) is 0 Å². The van der Waals surface area contributed by atoms with Crippen molar-refractivity contribution >= 4 is 10.9 Å². The van der Waals surface area contributed by atoms with Crippen LogP contribution in [0.2, 0.25) is 0 Å². The first-order chi connectivity index (χ1) is 11.8. The summed E-state index contributed by atoms with van der Waals surface area (Å²) in [7, 11) is 1.70. The summed E-state index contributed by atoms with van der Waals surface area (Å²) in [5.74, 6) is 0.912. The fraction of sp³-hybridized carbons (Fsp3) is 0.333. The molecular weight excluding hydrogens is 296 g/mol. The lowest BCUT2D eigenvalue weighted by Gasteiger charge is -2.05.